The second-order valence-corrected chi connectivity index (χ2v) is 15.1. The lowest BCUT2D eigenvalue weighted by atomic mass is 10.0. The largest absolute Gasteiger partial charge is 0.463 e. The maximum absolute atomic E-state index is 12.0. The fraction of sp³-hybridized carbons (Fsp3) is 0.953. The quantitative estimate of drug-likeness (QED) is 0.0413. The van der Waals surface area contributed by atoms with Crippen molar-refractivity contribution >= 4 is 11.9 Å². The summed E-state index contributed by atoms with van der Waals surface area (Å²) in [6, 6.07) is 0. The predicted molar refractivity (Wildman–Crippen MR) is 211 cm³/mol. The molecular formula is C43H84O9. The number of hydrogen-bond donors (Lipinski definition) is 3. The molecule has 0 heterocycles. The van der Waals surface area contributed by atoms with Crippen molar-refractivity contribution in [2.45, 2.75) is 225 Å². The van der Waals surface area contributed by atoms with Crippen molar-refractivity contribution in [1.29, 1.82) is 0 Å². The monoisotopic (exact) mass is 745 g/mol. The molecule has 0 radical (unpaired) electrons. The van der Waals surface area contributed by atoms with E-state index in [9.17, 15) is 24.9 Å². The molecule has 3 atom stereocenters. The first-order valence-electron chi connectivity index (χ1n) is 21.9. The lowest BCUT2D eigenvalue weighted by Gasteiger charge is -2.16. The molecule has 9 nitrogen and oxygen atoms in total. The molecule has 0 bridgehead atoms. The minimum atomic E-state index is -0.977. The maximum Gasteiger partial charge on any atom is 0.305 e. The average molecular weight is 745 g/mol. The molecule has 0 aliphatic heterocycles. The van der Waals surface area contributed by atoms with Gasteiger partial charge in [0.15, 0.2) is 0 Å². The molecule has 0 spiro atoms. The topological polar surface area (TPSA) is 132 Å². The number of rotatable bonds is 42. The minimum absolute atomic E-state index is 0.0751. The van der Waals surface area contributed by atoms with E-state index in [1.54, 1.807) is 0 Å². The summed E-state index contributed by atoms with van der Waals surface area (Å²) in [6.07, 6.45) is 33.1. The van der Waals surface area contributed by atoms with E-state index < -0.39 is 18.3 Å². The number of ether oxygens (including phenoxy) is 4. The van der Waals surface area contributed by atoms with Crippen LogP contribution in [-0.4, -0.2) is 85.2 Å². The van der Waals surface area contributed by atoms with Crippen molar-refractivity contribution in [3.05, 3.63) is 0 Å². The molecule has 0 aliphatic rings. The van der Waals surface area contributed by atoms with E-state index >= 15 is 0 Å². The van der Waals surface area contributed by atoms with E-state index in [1.165, 1.54) is 141 Å². The Morgan fingerprint density at radius 3 is 0.808 bits per heavy atom. The van der Waals surface area contributed by atoms with Gasteiger partial charge >= 0.3 is 11.9 Å². The molecular weight excluding hydrogens is 660 g/mol. The van der Waals surface area contributed by atoms with Crippen LogP contribution in [-0.2, 0) is 28.5 Å². The van der Waals surface area contributed by atoms with E-state index in [1.807, 2.05) is 0 Å². The maximum atomic E-state index is 12.0. The van der Waals surface area contributed by atoms with Gasteiger partial charge in [-0.15, -0.1) is 0 Å². The summed E-state index contributed by atoms with van der Waals surface area (Å²) in [5, 5.41) is 30.1. The van der Waals surface area contributed by atoms with Gasteiger partial charge in [0.25, 0.3) is 0 Å². The second kappa shape index (κ2) is 40.9. The van der Waals surface area contributed by atoms with Crippen LogP contribution in [0.5, 0.6) is 0 Å². The van der Waals surface area contributed by atoms with Crippen molar-refractivity contribution in [3.63, 3.8) is 0 Å². The van der Waals surface area contributed by atoms with Gasteiger partial charge in [0.1, 0.15) is 31.5 Å². The van der Waals surface area contributed by atoms with Crippen LogP contribution in [0.1, 0.15) is 206 Å². The molecule has 0 amide bonds. The first kappa shape index (κ1) is 50.7. The van der Waals surface area contributed by atoms with Crippen LogP contribution >= 0.6 is 0 Å². The van der Waals surface area contributed by atoms with Gasteiger partial charge in [-0.05, 0) is 12.8 Å². The standard InChI is InChI=1S/C43H84O9/c1-3-5-7-9-11-13-15-17-18-20-22-24-26-28-30-32-43(48)52-38-41(46)36-50-34-39(44)33-49-35-40(45)37-51-42(47)31-29-27-25-23-21-19-16-14-12-10-8-6-4-2/h39-41,44-46H,3-38H2,1-2H3. The number of carbonyl (C=O) groups excluding carboxylic acids is 2. The third kappa shape index (κ3) is 39.9. The average Bonchev–Trinajstić information content (AvgIpc) is 3.13. The Morgan fingerprint density at radius 2 is 0.558 bits per heavy atom. The van der Waals surface area contributed by atoms with Crippen molar-refractivity contribution < 1.29 is 43.9 Å². The summed E-state index contributed by atoms with van der Waals surface area (Å²) in [4.78, 5) is 23.9. The van der Waals surface area contributed by atoms with Gasteiger partial charge < -0.3 is 34.3 Å². The van der Waals surface area contributed by atoms with Gasteiger partial charge in [-0.1, -0.05) is 181 Å². The van der Waals surface area contributed by atoms with Crippen molar-refractivity contribution in [1.82, 2.24) is 0 Å². The van der Waals surface area contributed by atoms with Gasteiger partial charge in [-0.25, -0.2) is 0 Å². The summed E-state index contributed by atoms with van der Waals surface area (Å²) in [5.41, 5.74) is 0. The van der Waals surface area contributed by atoms with Crippen molar-refractivity contribution in [2.24, 2.45) is 0 Å². The SMILES string of the molecule is CCCCCCCCCCCCCCCCCC(=O)OCC(O)COCC(O)COCC(O)COC(=O)CCCCCCCCCCCCCCC. The second-order valence-electron chi connectivity index (χ2n) is 15.1. The minimum Gasteiger partial charge on any atom is -0.463 e. The van der Waals surface area contributed by atoms with Crippen LogP contribution in [0, 0.1) is 0 Å². The van der Waals surface area contributed by atoms with Crippen LogP contribution in [0.2, 0.25) is 0 Å². The molecule has 0 saturated carbocycles. The van der Waals surface area contributed by atoms with Gasteiger partial charge in [0.2, 0.25) is 0 Å². The van der Waals surface area contributed by atoms with Crippen LogP contribution in [0.15, 0.2) is 0 Å². The zero-order valence-electron chi connectivity index (χ0n) is 34.0. The zero-order chi connectivity index (χ0) is 38.2. The molecule has 3 N–H and O–H groups in total. The molecule has 0 fully saturated rings. The van der Waals surface area contributed by atoms with Crippen LogP contribution in [0.3, 0.4) is 0 Å². The van der Waals surface area contributed by atoms with E-state index in [2.05, 4.69) is 13.8 Å². The van der Waals surface area contributed by atoms with Crippen LogP contribution < -0.4 is 0 Å². The van der Waals surface area contributed by atoms with Gasteiger partial charge in [-0.2, -0.15) is 0 Å². The summed E-state index contributed by atoms with van der Waals surface area (Å²) in [5.74, 6) is -0.629. The molecule has 310 valence electrons. The zero-order valence-corrected chi connectivity index (χ0v) is 34.0. The Kier molecular flexibility index (Phi) is 39.9. The van der Waals surface area contributed by atoms with E-state index in [4.69, 9.17) is 18.9 Å². The molecule has 3 unspecified atom stereocenters. The molecule has 0 saturated heterocycles. The number of unbranched alkanes of at least 4 members (excludes halogenated alkanes) is 26. The highest BCUT2D eigenvalue weighted by atomic mass is 16.6. The van der Waals surface area contributed by atoms with Crippen LogP contribution in [0.25, 0.3) is 0 Å². The third-order valence-corrected chi connectivity index (χ3v) is 9.58. The lowest BCUT2D eigenvalue weighted by molar-refractivity contribution is -0.148. The summed E-state index contributed by atoms with van der Waals surface area (Å²) in [6.45, 7) is 3.91. The number of aliphatic hydroxyl groups is 3. The highest BCUT2D eigenvalue weighted by Crippen LogP contribution is 2.15. The fourth-order valence-electron chi connectivity index (χ4n) is 6.27. The Morgan fingerprint density at radius 1 is 0.346 bits per heavy atom. The summed E-state index contributed by atoms with van der Waals surface area (Å²) in [7, 11) is 0. The van der Waals surface area contributed by atoms with Crippen LogP contribution in [0.4, 0.5) is 0 Å². The Labute approximate surface area is 319 Å². The van der Waals surface area contributed by atoms with Gasteiger partial charge in [-0.3, -0.25) is 9.59 Å². The number of esters is 2. The van der Waals surface area contributed by atoms with Gasteiger partial charge in [0.05, 0.1) is 26.4 Å². The van der Waals surface area contributed by atoms with E-state index in [0.29, 0.717) is 12.8 Å². The number of aliphatic hydroxyl groups excluding tert-OH is 3. The molecule has 0 aromatic heterocycles. The first-order chi connectivity index (χ1) is 25.4. The van der Waals surface area contributed by atoms with Crippen molar-refractivity contribution in [3.8, 4) is 0 Å². The third-order valence-electron chi connectivity index (χ3n) is 9.58. The summed E-state index contributed by atoms with van der Waals surface area (Å²) < 4.78 is 20.9. The number of hydrogen-bond acceptors (Lipinski definition) is 9. The molecule has 9 heteroatoms. The van der Waals surface area contributed by atoms with Gasteiger partial charge in [0, 0.05) is 12.8 Å². The highest BCUT2D eigenvalue weighted by Gasteiger charge is 2.13. The molecule has 52 heavy (non-hydrogen) atoms. The molecule has 0 aliphatic carbocycles. The molecule has 0 rings (SSSR count). The van der Waals surface area contributed by atoms with E-state index in [-0.39, 0.29) is 51.6 Å². The Bertz CT molecular complexity index is 750. The normalized spacial score (nSPS) is 13.2. The summed E-state index contributed by atoms with van der Waals surface area (Å²) >= 11 is 0. The smallest absolute Gasteiger partial charge is 0.305 e. The molecule has 0 aromatic carbocycles. The fourth-order valence-corrected chi connectivity index (χ4v) is 6.27. The Balaban J connectivity index is 3.52. The lowest BCUT2D eigenvalue weighted by Crippen LogP contribution is -2.30. The predicted octanol–water partition coefficient (Wildman–Crippen LogP) is 9.93. The number of carbonyl (C=O) groups is 2. The Hall–Kier alpha value is -1.26. The van der Waals surface area contributed by atoms with Crippen molar-refractivity contribution in [2.75, 3.05) is 39.6 Å². The highest BCUT2D eigenvalue weighted by molar-refractivity contribution is 5.69. The first-order valence-corrected chi connectivity index (χ1v) is 21.9. The molecule has 0 aromatic rings. The van der Waals surface area contributed by atoms with E-state index in [0.717, 1.165) is 38.5 Å².